The van der Waals surface area contributed by atoms with E-state index in [1.54, 1.807) is 6.07 Å². The maximum absolute atomic E-state index is 6.33. The van der Waals surface area contributed by atoms with Crippen LogP contribution in [0.2, 0.25) is 5.02 Å². The third-order valence-corrected chi connectivity index (χ3v) is 5.28. The molecule has 0 radical (unpaired) electrons. The number of fused-ring (bicyclic) bond motifs is 2. The highest BCUT2D eigenvalue weighted by Crippen LogP contribution is 2.34. The molecule has 2 aliphatic heterocycles. The van der Waals surface area contributed by atoms with Crippen molar-refractivity contribution in [2.75, 3.05) is 5.32 Å². The Kier molecular flexibility index (Phi) is 4.65. The molecule has 0 amide bonds. The second-order valence-electron chi connectivity index (χ2n) is 6.66. The van der Waals surface area contributed by atoms with Crippen molar-refractivity contribution in [3.05, 3.63) is 35.1 Å². The van der Waals surface area contributed by atoms with E-state index in [0.29, 0.717) is 34.5 Å². The largest absolute Gasteiger partial charge is 0.472 e. The number of hydrogen-bond acceptors (Lipinski definition) is 6. The van der Waals surface area contributed by atoms with Crippen molar-refractivity contribution in [1.82, 2.24) is 15.3 Å². The highest BCUT2D eigenvalue weighted by Gasteiger charge is 2.40. The van der Waals surface area contributed by atoms with Crippen LogP contribution in [0.3, 0.4) is 0 Å². The van der Waals surface area contributed by atoms with Crippen LogP contribution in [0.5, 0.6) is 5.88 Å². The van der Waals surface area contributed by atoms with Crippen LogP contribution in [0.1, 0.15) is 24.8 Å². The lowest BCUT2D eigenvalue weighted by atomic mass is 9.98. The third kappa shape index (κ3) is 3.32. The minimum absolute atomic E-state index is 0.173. The first-order chi connectivity index (χ1) is 12.6. The average Bonchev–Trinajstić information content (AvgIpc) is 3.24. The SMILES string of the molecule is Cc1c(Nc2ccc(N=CN)cc2Cl)ncnc1OC1CC2CCC1N2. The van der Waals surface area contributed by atoms with E-state index in [4.69, 9.17) is 22.1 Å². The molecule has 7 nitrogen and oxygen atoms in total. The second kappa shape index (κ2) is 7.09. The molecule has 8 heteroatoms. The van der Waals surface area contributed by atoms with E-state index in [2.05, 4.69) is 25.6 Å². The van der Waals surface area contributed by atoms with Gasteiger partial charge in [-0.05, 0) is 38.0 Å². The number of nitrogens with zero attached hydrogens (tertiary/aromatic N) is 3. The van der Waals surface area contributed by atoms with Gasteiger partial charge in [-0.25, -0.2) is 15.0 Å². The summed E-state index contributed by atoms with van der Waals surface area (Å²) in [6.45, 7) is 1.94. The van der Waals surface area contributed by atoms with E-state index >= 15 is 0 Å². The predicted molar refractivity (Wildman–Crippen MR) is 103 cm³/mol. The number of nitrogens with one attached hydrogen (secondary N) is 2. The smallest absolute Gasteiger partial charge is 0.221 e. The van der Waals surface area contributed by atoms with Crippen LogP contribution < -0.4 is 21.1 Å². The molecule has 136 valence electrons. The third-order valence-electron chi connectivity index (χ3n) is 4.97. The first-order valence-corrected chi connectivity index (χ1v) is 9.07. The highest BCUT2D eigenvalue weighted by molar-refractivity contribution is 6.33. The van der Waals surface area contributed by atoms with Gasteiger partial charge in [0.25, 0.3) is 0 Å². The first-order valence-electron chi connectivity index (χ1n) is 8.69. The van der Waals surface area contributed by atoms with Gasteiger partial charge in [0.15, 0.2) is 0 Å². The van der Waals surface area contributed by atoms with Crippen molar-refractivity contribution in [2.24, 2.45) is 10.7 Å². The lowest BCUT2D eigenvalue weighted by molar-refractivity contribution is 0.162. The van der Waals surface area contributed by atoms with Gasteiger partial charge in [0, 0.05) is 18.5 Å². The summed E-state index contributed by atoms with van der Waals surface area (Å²) in [5.41, 5.74) is 7.59. The van der Waals surface area contributed by atoms with E-state index in [-0.39, 0.29) is 6.10 Å². The van der Waals surface area contributed by atoms with Gasteiger partial charge >= 0.3 is 0 Å². The molecule has 3 atom stereocenters. The fourth-order valence-corrected chi connectivity index (χ4v) is 3.85. The lowest BCUT2D eigenvalue weighted by Gasteiger charge is -2.22. The number of benzene rings is 1. The highest BCUT2D eigenvalue weighted by atomic mass is 35.5. The number of hydrogen-bond donors (Lipinski definition) is 3. The molecule has 3 heterocycles. The van der Waals surface area contributed by atoms with E-state index in [1.807, 2.05) is 19.1 Å². The monoisotopic (exact) mass is 372 g/mol. The summed E-state index contributed by atoms with van der Waals surface area (Å²) in [5.74, 6) is 1.28. The Morgan fingerprint density at radius 2 is 2.27 bits per heavy atom. The van der Waals surface area contributed by atoms with Gasteiger partial charge in [0.2, 0.25) is 5.88 Å². The zero-order valence-corrected chi connectivity index (χ0v) is 15.2. The number of nitrogens with two attached hydrogens (primary N) is 1. The maximum Gasteiger partial charge on any atom is 0.221 e. The number of anilines is 2. The summed E-state index contributed by atoms with van der Waals surface area (Å²) in [4.78, 5) is 12.7. The summed E-state index contributed by atoms with van der Waals surface area (Å²) in [5, 5.41) is 7.35. The Morgan fingerprint density at radius 1 is 1.38 bits per heavy atom. The quantitative estimate of drug-likeness (QED) is 0.551. The van der Waals surface area contributed by atoms with Crippen LogP contribution >= 0.6 is 11.6 Å². The molecule has 2 fully saturated rings. The van der Waals surface area contributed by atoms with Crippen LogP contribution in [0.25, 0.3) is 0 Å². The molecule has 2 saturated heterocycles. The fourth-order valence-electron chi connectivity index (χ4n) is 3.63. The normalized spacial score (nSPS) is 24.3. The van der Waals surface area contributed by atoms with Gasteiger partial charge in [-0.2, -0.15) is 0 Å². The molecule has 1 aromatic heterocycles. The molecule has 26 heavy (non-hydrogen) atoms. The Hall–Kier alpha value is -2.38. The number of aliphatic imine (C=N–C) groups is 1. The molecule has 4 rings (SSSR count). The van der Waals surface area contributed by atoms with Crippen LogP contribution in [0.4, 0.5) is 17.2 Å². The number of aromatic nitrogens is 2. The number of ether oxygens (including phenoxy) is 1. The van der Waals surface area contributed by atoms with E-state index in [1.165, 1.54) is 19.1 Å². The van der Waals surface area contributed by atoms with Crippen molar-refractivity contribution < 1.29 is 4.74 Å². The van der Waals surface area contributed by atoms with Crippen LogP contribution in [-0.4, -0.2) is 34.5 Å². The molecular formula is C18H21ClN6O. The minimum atomic E-state index is 0.173. The van der Waals surface area contributed by atoms with E-state index in [0.717, 1.165) is 24.1 Å². The van der Waals surface area contributed by atoms with Crippen LogP contribution in [0.15, 0.2) is 29.5 Å². The first kappa shape index (κ1) is 17.1. The zero-order chi connectivity index (χ0) is 18.1. The summed E-state index contributed by atoms with van der Waals surface area (Å²) in [6, 6.07) is 6.41. The van der Waals surface area contributed by atoms with Crippen molar-refractivity contribution in [2.45, 2.75) is 44.4 Å². The molecule has 1 aromatic carbocycles. The molecule has 2 aromatic rings. The Morgan fingerprint density at radius 3 is 2.96 bits per heavy atom. The average molecular weight is 373 g/mol. The molecule has 3 unspecified atom stereocenters. The zero-order valence-electron chi connectivity index (χ0n) is 14.4. The Balaban J connectivity index is 1.52. The van der Waals surface area contributed by atoms with E-state index in [9.17, 15) is 0 Å². The van der Waals surface area contributed by atoms with Gasteiger partial charge < -0.3 is 21.1 Å². The van der Waals surface area contributed by atoms with Crippen molar-refractivity contribution in [3.8, 4) is 5.88 Å². The molecular weight excluding hydrogens is 352 g/mol. The second-order valence-corrected chi connectivity index (χ2v) is 7.07. The molecule has 0 aliphatic carbocycles. The topological polar surface area (TPSA) is 97.5 Å². The molecule has 0 spiro atoms. The van der Waals surface area contributed by atoms with Gasteiger partial charge in [-0.3, -0.25) is 0 Å². The van der Waals surface area contributed by atoms with Crippen molar-refractivity contribution in [1.29, 1.82) is 0 Å². The maximum atomic E-state index is 6.33. The van der Waals surface area contributed by atoms with Gasteiger partial charge in [-0.15, -0.1) is 0 Å². The van der Waals surface area contributed by atoms with E-state index < -0.39 is 0 Å². The summed E-state index contributed by atoms with van der Waals surface area (Å²) in [7, 11) is 0. The predicted octanol–water partition coefficient (Wildman–Crippen LogP) is 3.07. The standard InChI is InChI=1S/C18H21ClN6O/c1-10-17(25-14-4-2-11(21-8-20)6-13(14)19)22-9-23-18(10)26-16-7-12-3-5-15(16)24-12/h2,4,6,8-9,12,15-16,24H,3,5,7H2,1H3,(H2,20,21)(H,22,23,25). The van der Waals surface area contributed by atoms with Crippen LogP contribution in [0, 0.1) is 6.92 Å². The summed E-state index contributed by atoms with van der Waals surface area (Å²) >= 11 is 6.33. The molecule has 2 aliphatic rings. The molecule has 0 saturated carbocycles. The number of halogens is 1. The van der Waals surface area contributed by atoms with Gasteiger partial charge in [-0.1, -0.05) is 11.6 Å². The van der Waals surface area contributed by atoms with Crippen molar-refractivity contribution >= 4 is 35.1 Å². The summed E-state index contributed by atoms with van der Waals surface area (Å²) in [6.07, 6.45) is 6.35. The van der Waals surface area contributed by atoms with Gasteiger partial charge in [0.1, 0.15) is 18.2 Å². The molecule has 2 bridgehead atoms. The summed E-state index contributed by atoms with van der Waals surface area (Å²) < 4.78 is 6.18. The number of rotatable bonds is 5. The van der Waals surface area contributed by atoms with Gasteiger partial charge in [0.05, 0.1) is 28.3 Å². The Labute approximate surface area is 157 Å². The molecule has 4 N–H and O–H groups in total. The lowest BCUT2D eigenvalue weighted by Crippen LogP contribution is -2.32. The van der Waals surface area contributed by atoms with Crippen molar-refractivity contribution in [3.63, 3.8) is 0 Å². The van der Waals surface area contributed by atoms with Crippen LogP contribution in [-0.2, 0) is 0 Å². The fraction of sp³-hybridized carbons (Fsp3) is 0.389. The Bertz CT molecular complexity index is 842. The minimum Gasteiger partial charge on any atom is -0.472 e.